The minimum atomic E-state index is -2.20. The van der Waals surface area contributed by atoms with Crippen LogP contribution < -0.4 is 5.73 Å². The van der Waals surface area contributed by atoms with Crippen LogP contribution in [-0.2, 0) is 0 Å². The van der Waals surface area contributed by atoms with E-state index in [0.29, 0.717) is 0 Å². The lowest BCUT2D eigenvalue weighted by Crippen LogP contribution is -2.15. The molecule has 6 heteroatoms. The molecule has 1 aromatic rings. The van der Waals surface area contributed by atoms with E-state index < -0.39 is 40.7 Å². The molecule has 15 heavy (non-hydrogen) atoms. The highest BCUT2D eigenvalue weighted by Crippen LogP contribution is 2.26. The third kappa shape index (κ3) is 1.72. The van der Waals surface area contributed by atoms with Crippen molar-refractivity contribution in [3.63, 3.8) is 0 Å². The second-order valence-corrected chi connectivity index (χ2v) is 2.75. The molecule has 1 unspecified atom stereocenters. The van der Waals surface area contributed by atoms with Crippen molar-refractivity contribution < 1.29 is 22.0 Å². The molecule has 0 bridgehead atoms. The Labute approximate surface area is 82.0 Å². The summed E-state index contributed by atoms with van der Waals surface area (Å²) >= 11 is 0. The molecule has 0 aromatic heterocycles. The molecule has 0 heterocycles. The predicted octanol–water partition coefficient (Wildman–Crippen LogP) is 2.57. The normalized spacial score (nSPS) is 12.7. The number of benzene rings is 1. The smallest absolute Gasteiger partial charge is 0.200 e. The van der Waals surface area contributed by atoms with Gasteiger partial charge in [-0.15, -0.1) is 6.58 Å². The molecule has 0 spiro atoms. The molecule has 1 nitrogen and oxygen atoms in total. The average Bonchev–Trinajstić information content (AvgIpc) is 2.23. The van der Waals surface area contributed by atoms with Gasteiger partial charge < -0.3 is 5.73 Å². The summed E-state index contributed by atoms with van der Waals surface area (Å²) in [6.07, 6.45) is 0.873. The fourth-order valence-electron chi connectivity index (χ4n) is 1.03. The molecule has 0 saturated carbocycles. The van der Waals surface area contributed by atoms with E-state index in [-0.39, 0.29) is 0 Å². The van der Waals surface area contributed by atoms with Crippen molar-refractivity contribution in [2.75, 3.05) is 0 Å². The summed E-state index contributed by atoms with van der Waals surface area (Å²) in [5, 5.41) is 0. The molecule has 0 aliphatic carbocycles. The van der Waals surface area contributed by atoms with Crippen LogP contribution in [0.5, 0.6) is 0 Å². The zero-order valence-electron chi connectivity index (χ0n) is 7.33. The monoisotopic (exact) mass is 223 g/mol. The van der Waals surface area contributed by atoms with E-state index in [1.54, 1.807) is 0 Å². The lowest BCUT2D eigenvalue weighted by atomic mass is 10.1. The fraction of sp³-hybridized carbons (Fsp3) is 0.111. The van der Waals surface area contributed by atoms with Crippen LogP contribution in [0, 0.1) is 29.1 Å². The maximum Gasteiger partial charge on any atom is 0.200 e. The topological polar surface area (TPSA) is 26.0 Å². The standard InChI is InChI=1S/C9H6F5N/c1-2-3(15)4-5(10)7(12)9(14)8(13)6(4)11/h2-3H,1,15H2. The fourth-order valence-corrected chi connectivity index (χ4v) is 1.03. The number of nitrogens with two attached hydrogens (primary N) is 1. The molecule has 1 aromatic carbocycles. The first-order valence-corrected chi connectivity index (χ1v) is 3.81. The van der Waals surface area contributed by atoms with Crippen LogP contribution >= 0.6 is 0 Å². The van der Waals surface area contributed by atoms with Crippen molar-refractivity contribution in [2.45, 2.75) is 6.04 Å². The molecule has 0 amide bonds. The van der Waals surface area contributed by atoms with Crippen LogP contribution in [0.15, 0.2) is 12.7 Å². The molecule has 1 atom stereocenters. The van der Waals surface area contributed by atoms with Gasteiger partial charge in [0.15, 0.2) is 23.3 Å². The zero-order chi connectivity index (χ0) is 11.7. The van der Waals surface area contributed by atoms with Crippen LogP contribution in [0.3, 0.4) is 0 Å². The Morgan fingerprint density at radius 3 is 1.53 bits per heavy atom. The van der Waals surface area contributed by atoms with E-state index in [0.717, 1.165) is 6.08 Å². The van der Waals surface area contributed by atoms with Gasteiger partial charge in [0, 0.05) is 0 Å². The molecule has 0 aliphatic rings. The Hall–Kier alpha value is -1.43. The summed E-state index contributed by atoms with van der Waals surface area (Å²) in [6.45, 7) is 3.10. The lowest BCUT2D eigenvalue weighted by molar-refractivity contribution is 0.367. The SMILES string of the molecule is C=CC(N)c1c(F)c(F)c(F)c(F)c1F. The molecule has 0 radical (unpaired) electrons. The minimum absolute atomic E-state index is 0.873. The van der Waals surface area contributed by atoms with Crippen LogP contribution in [0.2, 0.25) is 0 Å². The summed E-state index contributed by atoms with van der Waals surface area (Å²) in [4.78, 5) is 0. The van der Waals surface area contributed by atoms with Crippen molar-refractivity contribution in [1.82, 2.24) is 0 Å². The Balaban J connectivity index is 3.59. The zero-order valence-corrected chi connectivity index (χ0v) is 7.33. The number of rotatable bonds is 2. The maximum atomic E-state index is 13.0. The van der Waals surface area contributed by atoms with E-state index in [1.807, 2.05) is 0 Å². The first-order chi connectivity index (χ1) is 6.91. The van der Waals surface area contributed by atoms with Gasteiger partial charge in [-0.3, -0.25) is 0 Å². The Morgan fingerprint density at radius 2 is 1.20 bits per heavy atom. The van der Waals surface area contributed by atoms with Gasteiger partial charge in [-0.2, -0.15) is 0 Å². The summed E-state index contributed by atoms with van der Waals surface area (Å²) in [6, 6.07) is -1.45. The molecule has 0 aliphatic heterocycles. The molecular formula is C9H6F5N. The molecule has 82 valence electrons. The third-order valence-corrected chi connectivity index (χ3v) is 1.83. The van der Waals surface area contributed by atoms with Gasteiger partial charge in [0.05, 0.1) is 11.6 Å². The average molecular weight is 223 g/mol. The van der Waals surface area contributed by atoms with Gasteiger partial charge in [0.1, 0.15) is 0 Å². The van der Waals surface area contributed by atoms with Crippen molar-refractivity contribution in [3.8, 4) is 0 Å². The van der Waals surface area contributed by atoms with Gasteiger partial charge in [-0.05, 0) is 0 Å². The van der Waals surface area contributed by atoms with Crippen LogP contribution in [0.4, 0.5) is 22.0 Å². The van der Waals surface area contributed by atoms with Gasteiger partial charge in [-0.25, -0.2) is 22.0 Å². The van der Waals surface area contributed by atoms with Gasteiger partial charge in [0.25, 0.3) is 0 Å². The summed E-state index contributed by atoms with van der Waals surface area (Å²) < 4.78 is 63.9. The van der Waals surface area contributed by atoms with Gasteiger partial charge >= 0.3 is 0 Å². The highest BCUT2D eigenvalue weighted by molar-refractivity contribution is 5.28. The van der Waals surface area contributed by atoms with Gasteiger partial charge in [0.2, 0.25) is 5.82 Å². The first kappa shape index (κ1) is 11.6. The van der Waals surface area contributed by atoms with Crippen molar-refractivity contribution in [1.29, 1.82) is 0 Å². The third-order valence-electron chi connectivity index (χ3n) is 1.83. The van der Waals surface area contributed by atoms with E-state index in [2.05, 4.69) is 6.58 Å². The summed E-state index contributed by atoms with van der Waals surface area (Å²) in [7, 11) is 0. The van der Waals surface area contributed by atoms with Crippen LogP contribution in [0.1, 0.15) is 11.6 Å². The van der Waals surface area contributed by atoms with Crippen LogP contribution in [-0.4, -0.2) is 0 Å². The quantitative estimate of drug-likeness (QED) is 0.354. The lowest BCUT2D eigenvalue weighted by Gasteiger charge is -2.11. The van der Waals surface area contributed by atoms with E-state index in [9.17, 15) is 22.0 Å². The van der Waals surface area contributed by atoms with Crippen molar-refractivity contribution in [2.24, 2.45) is 5.73 Å². The van der Waals surface area contributed by atoms with E-state index in [1.165, 1.54) is 0 Å². The highest BCUT2D eigenvalue weighted by atomic mass is 19.2. The number of hydrogen-bond donors (Lipinski definition) is 1. The van der Waals surface area contributed by atoms with Crippen molar-refractivity contribution >= 4 is 0 Å². The molecular weight excluding hydrogens is 217 g/mol. The molecule has 0 fully saturated rings. The van der Waals surface area contributed by atoms with E-state index >= 15 is 0 Å². The van der Waals surface area contributed by atoms with E-state index in [4.69, 9.17) is 5.73 Å². The largest absolute Gasteiger partial charge is 0.321 e. The number of hydrogen-bond acceptors (Lipinski definition) is 1. The second-order valence-electron chi connectivity index (χ2n) is 2.75. The van der Waals surface area contributed by atoms with Crippen molar-refractivity contribution in [3.05, 3.63) is 47.3 Å². The summed E-state index contributed by atoms with van der Waals surface area (Å²) in [5.41, 5.74) is 4.05. The summed E-state index contributed by atoms with van der Waals surface area (Å²) in [5.74, 6) is -10.1. The Morgan fingerprint density at radius 1 is 0.867 bits per heavy atom. The number of halogens is 5. The molecule has 1 rings (SSSR count). The Kier molecular flexibility index (Phi) is 3.09. The minimum Gasteiger partial charge on any atom is -0.321 e. The molecule has 0 saturated heterocycles. The Bertz CT molecular complexity index is 386. The molecule has 2 N–H and O–H groups in total. The highest BCUT2D eigenvalue weighted by Gasteiger charge is 2.27. The first-order valence-electron chi connectivity index (χ1n) is 3.81. The maximum absolute atomic E-state index is 13.0. The predicted molar refractivity (Wildman–Crippen MR) is 43.4 cm³/mol. The van der Waals surface area contributed by atoms with Crippen LogP contribution in [0.25, 0.3) is 0 Å². The second kappa shape index (κ2) is 3.98. The van der Waals surface area contributed by atoms with Gasteiger partial charge in [-0.1, -0.05) is 6.08 Å².